The number of aliphatic imine (C=N–C) groups is 1. The first-order valence-corrected chi connectivity index (χ1v) is 11.6. The van der Waals surface area contributed by atoms with Gasteiger partial charge in [-0.3, -0.25) is 14.6 Å². The fraction of sp³-hybridized carbons (Fsp3) is 0.296. The molecule has 1 aliphatic rings. The number of aromatic nitrogens is 1. The molecular weight excluding hydrogens is 482 g/mol. The van der Waals surface area contributed by atoms with E-state index in [1.54, 1.807) is 22.9 Å². The molecule has 0 radical (unpaired) electrons. The molecule has 3 rings (SSSR count). The molecule has 196 valence electrons. The van der Waals surface area contributed by atoms with E-state index in [0.29, 0.717) is 6.54 Å². The number of ether oxygens (including phenoxy) is 2. The minimum Gasteiger partial charge on any atom is -0.399 e. The molecule has 0 aliphatic heterocycles. The van der Waals surface area contributed by atoms with E-state index in [-0.39, 0.29) is 48.5 Å². The van der Waals surface area contributed by atoms with E-state index in [4.69, 9.17) is 15.2 Å². The maximum atomic E-state index is 14.5. The van der Waals surface area contributed by atoms with E-state index >= 15 is 0 Å². The van der Waals surface area contributed by atoms with Crippen molar-refractivity contribution in [3.63, 3.8) is 0 Å². The summed E-state index contributed by atoms with van der Waals surface area (Å²) in [7, 11) is 2.76. The van der Waals surface area contributed by atoms with E-state index < -0.39 is 23.7 Å². The Morgan fingerprint density at radius 1 is 1.19 bits per heavy atom. The van der Waals surface area contributed by atoms with Crippen LogP contribution in [0.1, 0.15) is 17.5 Å². The number of nitrogens with one attached hydrogen (secondary N) is 1. The number of hydrogen-bond acceptors (Lipinski definition) is 6. The van der Waals surface area contributed by atoms with Gasteiger partial charge in [0.15, 0.2) is 0 Å². The van der Waals surface area contributed by atoms with Crippen LogP contribution in [0, 0.1) is 0 Å². The highest BCUT2D eigenvalue weighted by atomic mass is 19.1. The third-order valence-corrected chi connectivity index (χ3v) is 5.74. The van der Waals surface area contributed by atoms with Gasteiger partial charge in [-0.15, -0.1) is 0 Å². The van der Waals surface area contributed by atoms with Gasteiger partial charge in [-0.1, -0.05) is 30.3 Å². The van der Waals surface area contributed by atoms with Gasteiger partial charge in [-0.2, -0.15) is 0 Å². The lowest BCUT2D eigenvalue weighted by Crippen LogP contribution is -2.32. The highest BCUT2D eigenvalue weighted by molar-refractivity contribution is 6.12. The summed E-state index contributed by atoms with van der Waals surface area (Å²) in [6.07, 6.45) is 3.46. The van der Waals surface area contributed by atoms with Gasteiger partial charge >= 0.3 is 0 Å². The predicted octanol–water partition coefficient (Wildman–Crippen LogP) is 2.94. The highest BCUT2D eigenvalue weighted by Gasteiger charge is 2.25. The first kappa shape index (κ1) is 27.7. The number of carbonyl (C=O) groups is 1. The number of benzene rings is 1. The Morgan fingerprint density at radius 2 is 1.92 bits per heavy atom. The van der Waals surface area contributed by atoms with Gasteiger partial charge in [-0.25, -0.2) is 8.78 Å². The minimum absolute atomic E-state index is 0.0284. The van der Waals surface area contributed by atoms with Crippen LogP contribution in [0.4, 0.5) is 8.78 Å². The topological polar surface area (TPSA) is 108 Å². The van der Waals surface area contributed by atoms with Crippen molar-refractivity contribution in [1.29, 1.82) is 0 Å². The van der Waals surface area contributed by atoms with Crippen LogP contribution in [-0.4, -0.2) is 50.2 Å². The molecular formula is C27H30F2N4O4. The van der Waals surface area contributed by atoms with Gasteiger partial charge in [0.25, 0.3) is 11.5 Å². The van der Waals surface area contributed by atoms with Crippen LogP contribution < -0.4 is 16.6 Å². The summed E-state index contributed by atoms with van der Waals surface area (Å²) >= 11 is 0. The van der Waals surface area contributed by atoms with Crippen LogP contribution in [0.2, 0.25) is 0 Å². The number of carbonyl (C=O) groups excluding carboxylic acids is 1. The molecule has 1 aromatic carbocycles. The molecule has 1 atom stereocenters. The van der Waals surface area contributed by atoms with Crippen molar-refractivity contribution in [3.8, 4) is 0 Å². The average molecular weight is 513 g/mol. The molecule has 0 fully saturated rings. The summed E-state index contributed by atoms with van der Waals surface area (Å²) < 4.78 is 40.3. The lowest BCUT2D eigenvalue weighted by Gasteiger charge is -2.20. The van der Waals surface area contributed by atoms with Crippen molar-refractivity contribution < 1.29 is 23.0 Å². The molecule has 1 amide bonds. The number of methoxy groups -OCH3 is 2. The first-order chi connectivity index (χ1) is 17.8. The smallest absolute Gasteiger partial charge is 0.254 e. The molecule has 37 heavy (non-hydrogen) atoms. The van der Waals surface area contributed by atoms with Crippen LogP contribution in [0.3, 0.4) is 0 Å². The number of hydrogen-bond donors (Lipinski definition) is 2. The normalized spacial score (nSPS) is 16.5. The summed E-state index contributed by atoms with van der Waals surface area (Å²) in [6.45, 7) is 0.298. The molecule has 1 aliphatic carbocycles. The Balaban J connectivity index is 1.66. The standard InChI is InChI=1S/C27H30F2N4O4/c1-36-17-23(30)21(27(35)32-15-20-22(28)10-11-24(37-2)26(20)29)14-31-13-18-6-8-19(9-7-18)16-33-12-4-3-5-25(33)34/h3-10,12,14,24H,11,13,15-17,30H2,1-2H3,(H,32,35). The van der Waals surface area contributed by atoms with Gasteiger partial charge in [0.05, 0.1) is 25.3 Å². The second kappa shape index (κ2) is 13.4. The Morgan fingerprint density at radius 3 is 2.59 bits per heavy atom. The SMILES string of the molecule is COCC(N)=C(C=NCc1ccc(Cn2ccccc2=O)cc1)C(=O)NCC1=C(F)C(OC)CC=C1F. The Hall–Kier alpha value is -3.89. The minimum atomic E-state index is -0.887. The van der Waals surface area contributed by atoms with E-state index in [1.165, 1.54) is 32.6 Å². The van der Waals surface area contributed by atoms with E-state index in [9.17, 15) is 18.4 Å². The molecule has 0 bridgehead atoms. The Kier molecular flexibility index (Phi) is 10.0. The predicted molar refractivity (Wildman–Crippen MR) is 137 cm³/mol. The number of rotatable bonds is 11. The molecule has 1 unspecified atom stereocenters. The van der Waals surface area contributed by atoms with E-state index in [2.05, 4.69) is 10.3 Å². The number of nitrogens with two attached hydrogens (primary N) is 1. The Bertz CT molecular complexity index is 1280. The molecule has 1 heterocycles. The Labute approximate surface area is 213 Å². The van der Waals surface area contributed by atoms with Gasteiger partial charge in [0, 0.05) is 56.9 Å². The molecule has 0 spiro atoms. The molecule has 0 saturated carbocycles. The molecule has 0 saturated heterocycles. The van der Waals surface area contributed by atoms with Gasteiger partial charge in [0.1, 0.15) is 17.8 Å². The average Bonchev–Trinajstić information content (AvgIpc) is 2.89. The summed E-state index contributed by atoms with van der Waals surface area (Å²) in [5, 5.41) is 2.50. The van der Waals surface area contributed by atoms with Crippen molar-refractivity contribution in [3.05, 3.63) is 105 Å². The lowest BCUT2D eigenvalue weighted by molar-refractivity contribution is -0.116. The van der Waals surface area contributed by atoms with Gasteiger partial charge in [0.2, 0.25) is 0 Å². The maximum Gasteiger partial charge on any atom is 0.254 e. The maximum absolute atomic E-state index is 14.5. The van der Waals surface area contributed by atoms with Crippen molar-refractivity contribution in [2.24, 2.45) is 10.7 Å². The quantitative estimate of drug-likeness (QED) is 0.356. The second-order valence-corrected chi connectivity index (χ2v) is 8.35. The molecule has 8 nitrogen and oxygen atoms in total. The van der Waals surface area contributed by atoms with Gasteiger partial charge in [-0.05, 0) is 23.3 Å². The van der Waals surface area contributed by atoms with E-state index in [1.807, 2.05) is 24.3 Å². The molecule has 1 aromatic heterocycles. The van der Waals surface area contributed by atoms with Crippen LogP contribution in [0.5, 0.6) is 0 Å². The molecule has 10 heteroatoms. The fourth-order valence-electron chi connectivity index (χ4n) is 3.68. The molecule has 2 aromatic rings. The van der Waals surface area contributed by atoms with Crippen molar-refractivity contribution >= 4 is 12.1 Å². The fourth-order valence-corrected chi connectivity index (χ4v) is 3.68. The molecule has 3 N–H and O–H groups in total. The summed E-state index contributed by atoms with van der Waals surface area (Å²) in [4.78, 5) is 29.0. The third kappa shape index (κ3) is 7.55. The largest absolute Gasteiger partial charge is 0.399 e. The zero-order valence-corrected chi connectivity index (χ0v) is 20.7. The number of halogens is 2. The highest BCUT2D eigenvalue weighted by Crippen LogP contribution is 2.28. The van der Waals surface area contributed by atoms with Gasteiger partial charge < -0.3 is 25.1 Å². The number of nitrogens with zero attached hydrogens (tertiary/aromatic N) is 2. The summed E-state index contributed by atoms with van der Waals surface area (Å²) in [5.74, 6) is -2.14. The van der Waals surface area contributed by atoms with Crippen LogP contribution in [0.15, 0.2) is 93.0 Å². The lowest BCUT2D eigenvalue weighted by atomic mass is 10.0. The number of pyridine rings is 1. The van der Waals surface area contributed by atoms with Crippen LogP contribution in [0.25, 0.3) is 0 Å². The first-order valence-electron chi connectivity index (χ1n) is 11.6. The number of amides is 1. The van der Waals surface area contributed by atoms with Crippen molar-refractivity contribution in [1.82, 2.24) is 9.88 Å². The van der Waals surface area contributed by atoms with Crippen LogP contribution in [-0.2, 0) is 27.4 Å². The van der Waals surface area contributed by atoms with Crippen molar-refractivity contribution in [2.75, 3.05) is 27.4 Å². The zero-order valence-electron chi connectivity index (χ0n) is 20.7. The third-order valence-electron chi connectivity index (χ3n) is 5.74. The summed E-state index contributed by atoms with van der Waals surface area (Å²) in [6, 6.07) is 12.5. The zero-order chi connectivity index (χ0) is 26.8. The second-order valence-electron chi connectivity index (χ2n) is 8.35. The monoisotopic (exact) mass is 512 g/mol. The van der Waals surface area contributed by atoms with Crippen molar-refractivity contribution in [2.45, 2.75) is 25.6 Å². The van der Waals surface area contributed by atoms with E-state index in [0.717, 1.165) is 11.1 Å². The van der Waals surface area contributed by atoms with Crippen LogP contribution >= 0.6 is 0 Å². The summed E-state index contributed by atoms with van der Waals surface area (Å²) in [5.41, 5.74) is 7.63.